The van der Waals surface area contributed by atoms with Gasteiger partial charge >= 0.3 is 5.97 Å². The van der Waals surface area contributed by atoms with Crippen molar-refractivity contribution in [3.8, 4) is 16.9 Å². The smallest absolute Gasteiger partial charge is 0.337 e. The molecule has 0 aliphatic carbocycles. The lowest BCUT2D eigenvalue weighted by atomic mass is 10.0. The maximum absolute atomic E-state index is 13.4. The van der Waals surface area contributed by atoms with E-state index in [0.717, 1.165) is 22.4 Å². The van der Waals surface area contributed by atoms with Gasteiger partial charge in [0.05, 0.1) is 17.3 Å². The molecule has 0 radical (unpaired) electrons. The first-order valence-corrected chi connectivity index (χ1v) is 11.4. The fourth-order valence-electron chi connectivity index (χ4n) is 4.33. The van der Waals surface area contributed by atoms with E-state index in [0.29, 0.717) is 22.6 Å². The van der Waals surface area contributed by atoms with Crippen LogP contribution < -0.4 is 10.9 Å². The molecule has 0 amide bonds. The van der Waals surface area contributed by atoms with Crippen LogP contribution >= 0.6 is 0 Å². The standard InChI is InChI=1S/C27H24N6O3/c1-16-12-22(18(3)30-23-7-5-4-6-21(23)27(35)36)25-31-24(17(2)26(34)33(25)13-16)19-8-10-20(11-9-19)32-14-28-29-15-32/h4-15,18,30H,1-3H3,(H,35,36)/t18-/m1/s1. The molecule has 0 fully saturated rings. The summed E-state index contributed by atoms with van der Waals surface area (Å²) in [6.07, 6.45) is 5.01. The van der Waals surface area contributed by atoms with Gasteiger partial charge in [0.25, 0.3) is 5.56 Å². The lowest BCUT2D eigenvalue weighted by molar-refractivity contribution is 0.0698. The van der Waals surface area contributed by atoms with E-state index >= 15 is 0 Å². The predicted octanol–water partition coefficient (Wildman–Crippen LogP) is 4.43. The Labute approximate surface area is 206 Å². The van der Waals surface area contributed by atoms with Crippen LogP contribution in [0.3, 0.4) is 0 Å². The number of carbonyl (C=O) groups is 1. The molecule has 0 spiro atoms. The van der Waals surface area contributed by atoms with Crippen molar-refractivity contribution in [1.29, 1.82) is 0 Å². The Bertz CT molecular complexity index is 1640. The third kappa shape index (κ3) is 4.11. The van der Waals surface area contributed by atoms with Crippen LogP contribution in [0.2, 0.25) is 0 Å². The number of rotatable bonds is 6. The number of hydrogen-bond acceptors (Lipinski definition) is 6. The van der Waals surface area contributed by atoms with Crippen molar-refractivity contribution < 1.29 is 9.90 Å². The molecule has 3 aromatic heterocycles. The van der Waals surface area contributed by atoms with Crippen molar-refractivity contribution in [2.75, 3.05) is 5.32 Å². The van der Waals surface area contributed by atoms with E-state index in [2.05, 4.69) is 15.5 Å². The molecule has 0 bridgehead atoms. The Morgan fingerprint density at radius 1 is 1.03 bits per heavy atom. The molecule has 0 aliphatic rings. The van der Waals surface area contributed by atoms with Crippen molar-refractivity contribution in [3.05, 3.63) is 106 Å². The molecule has 0 unspecified atom stereocenters. The third-order valence-corrected chi connectivity index (χ3v) is 6.17. The Hall–Kier alpha value is -4.79. The Balaban J connectivity index is 1.61. The second kappa shape index (κ2) is 9.10. The average molecular weight is 481 g/mol. The van der Waals surface area contributed by atoms with Crippen LogP contribution in [0.5, 0.6) is 0 Å². The van der Waals surface area contributed by atoms with Crippen LogP contribution in [0.25, 0.3) is 22.6 Å². The molecule has 2 aromatic carbocycles. The summed E-state index contributed by atoms with van der Waals surface area (Å²) in [5, 5.41) is 20.5. The predicted molar refractivity (Wildman–Crippen MR) is 137 cm³/mol. The number of anilines is 1. The number of hydrogen-bond donors (Lipinski definition) is 2. The van der Waals surface area contributed by atoms with Gasteiger partial charge in [0.2, 0.25) is 0 Å². The number of nitrogens with zero attached hydrogens (tertiary/aromatic N) is 5. The molecule has 5 aromatic rings. The average Bonchev–Trinajstić information content (AvgIpc) is 3.41. The lowest BCUT2D eigenvalue weighted by Gasteiger charge is -2.20. The summed E-state index contributed by atoms with van der Waals surface area (Å²) in [6, 6.07) is 16.1. The van der Waals surface area contributed by atoms with Gasteiger partial charge in [-0.15, -0.1) is 10.2 Å². The van der Waals surface area contributed by atoms with Gasteiger partial charge in [0, 0.05) is 34.3 Å². The molecular weight excluding hydrogens is 456 g/mol. The van der Waals surface area contributed by atoms with Gasteiger partial charge in [-0.2, -0.15) is 0 Å². The minimum atomic E-state index is -1.01. The normalized spacial score (nSPS) is 12.0. The number of carboxylic acids is 1. The minimum Gasteiger partial charge on any atom is -0.478 e. The van der Waals surface area contributed by atoms with Crippen molar-refractivity contribution in [2.24, 2.45) is 0 Å². The maximum Gasteiger partial charge on any atom is 0.337 e. The van der Waals surface area contributed by atoms with Crippen molar-refractivity contribution in [2.45, 2.75) is 26.8 Å². The van der Waals surface area contributed by atoms with Gasteiger partial charge in [0.1, 0.15) is 18.3 Å². The van der Waals surface area contributed by atoms with E-state index in [1.54, 1.807) is 59.0 Å². The molecule has 9 nitrogen and oxygen atoms in total. The Morgan fingerprint density at radius 3 is 2.42 bits per heavy atom. The topological polar surface area (TPSA) is 114 Å². The number of aromatic carboxylic acids is 1. The molecule has 0 saturated heterocycles. The van der Waals surface area contributed by atoms with E-state index in [1.807, 2.05) is 44.2 Å². The first-order chi connectivity index (χ1) is 17.3. The van der Waals surface area contributed by atoms with E-state index in [-0.39, 0.29) is 17.2 Å². The van der Waals surface area contributed by atoms with Crippen LogP contribution in [0.15, 0.2) is 78.2 Å². The number of nitrogens with one attached hydrogen (secondary N) is 1. The van der Waals surface area contributed by atoms with E-state index < -0.39 is 5.97 Å². The van der Waals surface area contributed by atoms with Crippen LogP contribution in [0.4, 0.5) is 5.69 Å². The zero-order chi connectivity index (χ0) is 25.4. The molecule has 0 aliphatic heterocycles. The van der Waals surface area contributed by atoms with Gasteiger partial charge in [0.15, 0.2) is 0 Å². The largest absolute Gasteiger partial charge is 0.478 e. The number of aromatic nitrogens is 5. The molecule has 5 rings (SSSR count). The second-order valence-electron chi connectivity index (χ2n) is 8.69. The highest BCUT2D eigenvalue weighted by atomic mass is 16.4. The first kappa shape index (κ1) is 23.0. The summed E-state index contributed by atoms with van der Waals surface area (Å²) in [5.74, 6) is -1.01. The number of carboxylic acid groups (broad SMARTS) is 1. The lowest BCUT2D eigenvalue weighted by Crippen LogP contribution is -2.22. The minimum absolute atomic E-state index is 0.152. The summed E-state index contributed by atoms with van der Waals surface area (Å²) in [5.41, 5.74) is 5.56. The fourth-order valence-corrected chi connectivity index (χ4v) is 4.33. The summed E-state index contributed by atoms with van der Waals surface area (Å²) in [4.78, 5) is 30.0. The molecule has 3 heterocycles. The first-order valence-electron chi connectivity index (χ1n) is 11.4. The number of para-hydroxylation sites is 1. The monoisotopic (exact) mass is 480 g/mol. The fraction of sp³-hybridized carbons (Fsp3) is 0.148. The zero-order valence-electron chi connectivity index (χ0n) is 20.0. The quantitative estimate of drug-likeness (QED) is 0.369. The number of benzene rings is 2. The maximum atomic E-state index is 13.4. The van der Waals surface area contributed by atoms with Crippen molar-refractivity contribution in [1.82, 2.24) is 24.1 Å². The number of fused-ring (bicyclic) bond motifs is 1. The molecule has 9 heteroatoms. The summed E-state index contributed by atoms with van der Waals surface area (Å²) >= 11 is 0. The van der Waals surface area contributed by atoms with E-state index in [9.17, 15) is 14.7 Å². The highest BCUT2D eigenvalue weighted by Crippen LogP contribution is 2.28. The van der Waals surface area contributed by atoms with Crippen LogP contribution in [-0.4, -0.2) is 35.2 Å². The molecular formula is C27H24N6O3. The molecule has 1 atom stereocenters. The molecule has 180 valence electrons. The Morgan fingerprint density at radius 2 is 1.72 bits per heavy atom. The third-order valence-electron chi connectivity index (χ3n) is 6.17. The van der Waals surface area contributed by atoms with Crippen LogP contribution in [0.1, 0.15) is 40.0 Å². The molecule has 0 saturated carbocycles. The second-order valence-corrected chi connectivity index (χ2v) is 8.69. The van der Waals surface area contributed by atoms with E-state index in [1.165, 1.54) is 0 Å². The van der Waals surface area contributed by atoms with Gasteiger partial charge in [-0.3, -0.25) is 13.8 Å². The Kier molecular flexibility index (Phi) is 5.81. The summed E-state index contributed by atoms with van der Waals surface area (Å²) in [7, 11) is 0. The van der Waals surface area contributed by atoms with Gasteiger partial charge in [-0.05, 0) is 56.7 Å². The van der Waals surface area contributed by atoms with Crippen LogP contribution in [-0.2, 0) is 0 Å². The molecule has 2 N–H and O–H groups in total. The highest BCUT2D eigenvalue weighted by Gasteiger charge is 2.19. The van der Waals surface area contributed by atoms with Crippen molar-refractivity contribution in [3.63, 3.8) is 0 Å². The number of aryl methyl sites for hydroxylation is 1. The summed E-state index contributed by atoms with van der Waals surface area (Å²) < 4.78 is 3.36. The number of pyridine rings is 1. The van der Waals surface area contributed by atoms with Gasteiger partial charge in [-0.25, -0.2) is 9.78 Å². The molecule has 36 heavy (non-hydrogen) atoms. The zero-order valence-corrected chi connectivity index (χ0v) is 20.0. The summed E-state index contributed by atoms with van der Waals surface area (Å²) in [6.45, 7) is 5.62. The highest BCUT2D eigenvalue weighted by molar-refractivity contribution is 5.94. The SMILES string of the molecule is Cc1cc([C@@H](C)Nc2ccccc2C(=O)O)c2nc(-c3ccc(-n4cnnc4)cc3)c(C)c(=O)n2c1. The van der Waals surface area contributed by atoms with Crippen LogP contribution in [0, 0.1) is 13.8 Å². The van der Waals surface area contributed by atoms with Crippen molar-refractivity contribution >= 4 is 17.3 Å². The van der Waals surface area contributed by atoms with E-state index in [4.69, 9.17) is 4.98 Å². The van der Waals surface area contributed by atoms with Gasteiger partial charge < -0.3 is 10.4 Å². The van der Waals surface area contributed by atoms with Gasteiger partial charge in [-0.1, -0.05) is 24.3 Å².